The lowest BCUT2D eigenvalue weighted by molar-refractivity contribution is -0.116. The number of hydrogen-bond donors (Lipinski definition) is 0. The van der Waals surface area contributed by atoms with Gasteiger partial charge in [-0.25, -0.2) is 4.79 Å². The molecule has 0 heterocycles. The Morgan fingerprint density at radius 1 is 0.864 bits per heavy atom. The molecule has 0 amide bonds. The first-order valence-electron chi connectivity index (χ1n) is 7.44. The number of ketones is 1. The molecule has 0 N–H and O–H groups in total. The molecule has 3 heteroatoms. The quantitative estimate of drug-likeness (QED) is 0.777. The first-order valence-corrected chi connectivity index (χ1v) is 7.44. The fraction of sp³-hybridized carbons (Fsp3) is 0.263. The second-order valence-corrected chi connectivity index (χ2v) is 4.64. The third kappa shape index (κ3) is 5.92. The highest BCUT2D eigenvalue weighted by Crippen LogP contribution is 2.09. The van der Waals surface area contributed by atoms with Gasteiger partial charge < -0.3 is 4.74 Å². The van der Waals surface area contributed by atoms with Crippen molar-refractivity contribution in [3.8, 4) is 0 Å². The van der Waals surface area contributed by atoms with E-state index in [1.165, 1.54) is 0 Å². The lowest BCUT2D eigenvalue weighted by Crippen LogP contribution is -2.05. The Labute approximate surface area is 131 Å². The van der Waals surface area contributed by atoms with Crippen LogP contribution in [0.4, 0.5) is 0 Å². The molecule has 0 saturated carbocycles. The highest BCUT2D eigenvalue weighted by atomic mass is 16.5. The van der Waals surface area contributed by atoms with E-state index in [9.17, 15) is 9.59 Å². The van der Waals surface area contributed by atoms with Crippen LogP contribution in [0.25, 0.3) is 0 Å². The molecule has 2 aromatic rings. The maximum absolute atomic E-state index is 11.8. The van der Waals surface area contributed by atoms with Crippen molar-refractivity contribution in [1.82, 2.24) is 0 Å². The summed E-state index contributed by atoms with van der Waals surface area (Å²) in [4.78, 5) is 22.8. The van der Waals surface area contributed by atoms with Gasteiger partial charge in [-0.1, -0.05) is 56.3 Å². The molecule has 0 atom stereocenters. The van der Waals surface area contributed by atoms with Gasteiger partial charge in [0.1, 0.15) is 12.4 Å². The van der Waals surface area contributed by atoms with E-state index in [4.69, 9.17) is 4.74 Å². The van der Waals surface area contributed by atoms with Crippen LogP contribution in [0.5, 0.6) is 0 Å². The van der Waals surface area contributed by atoms with Crippen molar-refractivity contribution >= 4 is 11.8 Å². The molecule has 0 aliphatic rings. The molecule has 0 aromatic heterocycles. The van der Waals surface area contributed by atoms with Gasteiger partial charge >= 0.3 is 5.97 Å². The van der Waals surface area contributed by atoms with Gasteiger partial charge in [0.15, 0.2) is 0 Å². The zero-order chi connectivity index (χ0) is 16.4. The smallest absolute Gasteiger partial charge is 0.338 e. The van der Waals surface area contributed by atoms with Gasteiger partial charge in [-0.2, -0.15) is 0 Å². The molecule has 2 aromatic carbocycles. The molecule has 116 valence electrons. The van der Waals surface area contributed by atoms with Gasteiger partial charge in [0.2, 0.25) is 0 Å². The minimum atomic E-state index is -0.335. The standard InChI is InChI=1S/C17H16O3.C2H6/c1-13(18)11-14-7-9-15(10-8-14)12-20-17(19)16-5-3-2-4-6-16;1-2/h2-10H,11-12H2,1H3;1-2H3. The monoisotopic (exact) mass is 298 g/mol. The van der Waals surface area contributed by atoms with E-state index in [1.54, 1.807) is 31.2 Å². The molecule has 0 bridgehead atoms. The second kappa shape index (κ2) is 9.50. The normalized spacial score (nSPS) is 9.41. The molecule has 0 aliphatic heterocycles. The maximum atomic E-state index is 11.8. The lowest BCUT2D eigenvalue weighted by atomic mass is 10.1. The van der Waals surface area contributed by atoms with Crippen molar-refractivity contribution in [2.45, 2.75) is 33.8 Å². The predicted octanol–water partition coefficient (Wildman–Crippen LogP) is 4.20. The fourth-order valence-corrected chi connectivity index (χ4v) is 1.85. The van der Waals surface area contributed by atoms with Crippen LogP contribution in [0.1, 0.15) is 42.3 Å². The summed E-state index contributed by atoms with van der Waals surface area (Å²) >= 11 is 0. The van der Waals surface area contributed by atoms with Gasteiger partial charge in [-0.05, 0) is 30.2 Å². The van der Waals surface area contributed by atoms with Gasteiger partial charge in [0.25, 0.3) is 0 Å². The van der Waals surface area contributed by atoms with Crippen molar-refractivity contribution in [3.63, 3.8) is 0 Å². The number of rotatable bonds is 5. The van der Waals surface area contributed by atoms with E-state index < -0.39 is 0 Å². The molecule has 0 saturated heterocycles. The predicted molar refractivity (Wildman–Crippen MR) is 87.7 cm³/mol. The Bertz CT molecular complexity index is 586. The van der Waals surface area contributed by atoms with Gasteiger partial charge in [0.05, 0.1) is 5.56 Å². The van der Waals surface area contributed by atoms with Crippen LogP contribution in [0.2, 0.25) is 0 Å². The Kier molecular flexibility index (Phi) is 7.62. The van der Waals surface area contributed by atoms with E-state index in [0.717, 1.165) is 11.1 Å². The molecule has 2 rings (SSSR count). The number of benzene rings is 2. The number of Topliss-reactive ketones (excluding diaryl/α,β-unsaturated/α-hetero) is 1. The van der Waals surface area contributed by atoms with E-state index in [1.807, 2.05) is 44.2 Å². The minimum absolute atomic E-state index is 0.133. The lowest BCUT2D eigenvalue weighted by Gasteiger charge is -2.06. The minimum Gasteiger partial charge on any atom is -0.457 e. The van der Waals surface area contributed by atoms with Crippen molar-refractivity contribution < 1.29 is 14.3 Å². The zero-order valence-corrected chi connectivity index (χ0v) is 13.3. The topological polar surface area (TPSA) is 43.4 Å². The van der Waals surface area contributed by atoms with Crippen LogP contribution >= 0.6 is 0 Å². The van der Waals surface area contributed by atoms with Crippen LogP contribution < -0.4 is 0 Å². The van der Waals surface area contributed by atoms with Crippen LogP contribution in [0.3, 0.4) is 0 Å². The van der Waals surface area contributed by atoms with Crippen molar-refractivity contribution in [2.75, 3.05) is 0 Å². The van der Waals surface area contributed by atoms with Crippen LogP contribution in [-0.2, 0) is 22.6 Å². The maximum Gasteiger partial charge on any atom is 0.338 e. The third-order valence-corrected chi connectivity index (χ3v) is 2.86. The Hall–Kier alpha value is -2.42. The number of hydrogen-bond acceptors (Lipinski definition) is 3. The Balaban J connectivity index is 0.00000116. The number of esters is 1. The number of ether oxygens (including phenoxy) is 1. The highest BCUT2D eigenvalue weighted by molar-refractivity contribution is 5.89. The Morgan fingerprint density at radius 2 is 1.41 bits per heavy atom. The summed E-state index contributed by atoms with van der Waals surface area (Å²) in [5.41, 5.74) is 2.41. The van der Waals surface area contributed by atoms with Gasteiger partial charge in [-0.15, -0.1) is 0 Å². The van der Waals surface area contributed by atoms with Gasteiger partial charge in [0, 0.05) is 6.42 Å². The van der Waals surface area contributed by atoms with E-state index in [2.05, 4.69) is 0 Å². The molecule has 0 aliphatic carbocycles. The molecule has 3 nitrogen and oxygen atoms in total. The van der Waals surface area contributed by atoms with Crippen molar-refractivity contribution in [2.24, 2.45) is 0 Å². The summed E-state index contributed by atoms with van der Waals surface area (Å²) in [5.74, 6) is -0.202. The average molecular weight is 298 g/mol. The fourth-order valence-electron chi connectivity index (χ4n) is 1.85. The summed E-state index contributed by atoms with van der Waals surface area (Å²) in [6, 6.07) is 16.4. The van der Waals surface area contributed by atoms with Crippen molar-refractivity contribution in [1.29, 1.82) is 0 Å². The second-order valence-electron chi connectivity index (χ2n) is 4.64. The van der Waals surface area contributed by atoms with E-state index in [0.29, 0.717) is 12.0 Å². The van der Waals surface area contributed by atoms with Gasteiger partial charge in [-0.3, -0.25) is 4.79 Å². The van der Waals surface area contributed by atoms with E-state index in [-0.39, 0.29) is 18.4 Å². The van der Waals surface area contributed by atoms with Crippen LogP contribution in [0, 0.1) is 0 Å². The van der Waals surface area contributed by atoms with Crippen molar-refractivity contribution in [3.05, 3.63) is 71.3 Å². The first-order chi connectivity index (χ1) is 10.6. The largest absolute Gasteiger partial charge is 0.457 e. The number of carbonyl (C=O) groups excluding carboxylic acids is 2. The molecular formula is C19H22O3. The summed E-state index contributed by atoms with van der Waals surface area (Å²) in [7, 11) is 0. The average Bonchev–Trinajstić information content (AvgIpc) is 2.56. The molecule has 22 heavy (non-hydrogen) atoms. The molecule has 0 radical (unpaired) electrons. The third-order valence-electron chi connectivity index (χ3n) is 2.86. The summed E-state index contributed by atoms with van der Waals surface area (Å²) in [6.07, 6.45) is 0.435. The molecule has 0 fully saturated rings. The zero-order valence-electron chi connectivity index (χ0n) is 13.3. The molecule has 0 spiro atoms. The molecular weight excluding hydrogens is 276 g/mol. The summed E-state index contributed by atoms with van der Waals surface area (Å²) < 4.78 is 5.23. The van der Waals surface area contributed by atoms with Crippen LogP contribution in [0.15, 0.2) is 54.6 Å². The summed E-state index contributed by atoms with van der Waals surface area (Å²) in [5, 5.41) is 0. The SMILES string of the molecule is CC.CC(=O)Cc1ccc(COC(=O)c2ccccc2)cc1. The summed E-state index contributed by atoms with van der Waals surface area (Å²) in [6.45, 7) is 5.80. The molecule has 0 unspecified atom stereocenters. The Morgan fingerprint density at radius 3 is 1.95 bits per heavy atom. The van der Waals surface area contributed by atoms with Crippen LogP contribution in [-0.4, -0.2) is 11.8 Å². The highest BCUT2D eigenvalue weighted by Gasteiger charge is 2.06. The first kappa shape index (κ1) is 17.6. The van der Waals surface area contributed by atoms with E-state index >= 15 is 0 Å². The number of carbonyl (C=O) groups is 2.